The molecule has 26 heavy (non-hydrogen) atoms. The van der Waals surface area contributed by atoms with E-state index < -0.39 is 0 Å². The van der Waals surface area contributed by atoms with Crippen molar-refractivity contribution in [3.63, 3.8) is 0 Å². The number of hydrogen-bond donors (Lipinski definition) is 0. The summed E-state index contributed by atoms with van der Waals surface area (Å²) in [5, 5.41) is 0. The molecule has 7 atom stereocenters. The van der Waals surface area contributed by atoms with Gasteiger partial charge in [-0.1, -0.05) is 50.5 Å². The molecule has 3 aliphatic carbocycles. The van der Waals surface area contributed by atoms with Crippen molar-refractivity contribution in [2.75, 3.05) is 0 Å². The molecule has 0 radical (unpaired) electrons. The van der Waals surface area contributed by atoms with Gasteiger partial charge in [0.25, 0.3) is 0 Å². The van der Waals surface area contributed by atoms with Crippen molar-refractivity contribution in [1.82, 2.24) is 0 Å². The summed E-state index contributed by atoms with van der Waals surface area (Å²) in [4.78, 5) is 24.8. The Morgan fingerprint density at radius 2 is 1.85 bits per heavy atom. The first-order chi connectivity index (χ1) is 12.0. The average Bonchev–Trinajstić information content (AvgIpc) is 2.54. The molecule has 0 aromatic heterocycles. The Labute approximate surface area is 167 Å². The summed E-state index contributed by atoms with van der Waals surface area (Å²) in [7, 11) is 0. The minimum absolute atomic E-state index is 0.0106. The summed E-state index contributed by atoms with van der Waals surface area (Å²) in [6, 6.07) is 0. The van der Waals surface area contributed by atoms with Gasteiger partial charge >= 0.3 is 5.97 Å². The van der Waals surface area contributed by atoms with E-state index in [0.717, 1.165) is 25.7 Å². The quantitative estimate of drug-likeness (QED) is 0.429. The molecular formula is C22H35BrO3. The van der Waals surface area contributed by atoms with Gasteiger partial charge in [-0.25, -0.2) is 0 Å². The molecule has 3 aliphatic rings. The number of ketones is 1. The maximum Gasteiger partial charge on any atom is 0.302 e. The van der Waals surface area contributed by atoms with Crippen LogP contribution in [0.25, 0.3) is 0 Å². The molecule has 0 aromatic rings. The summed E-state index contributed by atoms with van der Waals surface area (Å²) in [6.45, 7) is 12.8. The number of alkyl halides is 1. The van der Waals surface area contributed by atoms with Crippen LogP contribution in [0.3, 0.4) is 0 Å². The van der Waals surface area contributed by atoms with E-state index in [1.165, 1.54) is 19.8 Å². The molecule has 3 nitrogen and oxygen atoms in total. The number of esters is 1. The van der Waals surface area contributed by atoms with E-state index in [1.54, 1.807) is 0 Å². The lowest BCUT2D eigenvalue weighted by atomic mass is 9.42. The van der Waals surface area contributed by atoms with E-state index in [9.17, 15) is 9.59 Å². The topological polar surface area (TPSA) is 43.4 Å². The third kappa shape index (κ3) is 2.89. The van der Waals surface area contributed by atoms with Crippen molar-refractivity contribution >= 4 is 27.7 Å². The number of ether oxygens (including phenoxy) is 1. The summed E-state index contributed by atoms with van der Waals surface area (Å²) < 4.78 is 5.72. The molecule has 0 bridgehead atoms. The van der Waals surface area contributed by atoms with Gasteiger partial charge in [0.2, 0.25) is 0 Å². The summed E-state index contributed by atoms with van der Waals surface area (Å²) in [5.41, 5.74) is -0.101. The average molecular weight is 427 g/mol. The van der Waals surface area contributed by atoms with Crippen molar-refractivity contribution in [2.24, 2.45) is 34.0 Å². The van der Waals surface area contributed by atoms with E-state index in [-0.39, 0.29) is 33.1 Å². The Hall–Kier alpha value is -0.380. The second-order valence-corrected chi connectivity index (χ2v) is 11.3. The largest absolute Gasteiger partial charge is 0.462 e. The van der Waals surface area contributed by atoms with Crippen molar-refractivity contribution in [1.29, 1.82) is 0 Å². The Bertz CT molecular complexity index is 600. The highest BCUT2D eigenvalue weighted by molar-refractivity contribution is 9.10. The second-order valence-electron chi connectivity index (χ2n) is 10.3. The predicted molar refractivity (Wildman–Crippen MR) is 107 cm³/mol. The van der Waals surface area contributed by atoms with E-state index in [0.29, 0.717) is 23.5 Å². The Morgan fingerprint density at radius 3 is 2.42 bits per heavy atom. The lowest BCUT2D eigenvalue weighted by molar-refractivity contribution is -0.188. The zero-order valence-electron chi connectivity index (χ0n) is 17.2. The van der Waals surface area contributed by atoms with Crippen LogP contribution in [0.15, 0.2) is 0 Å². The maximum absolute atomic E-state index is 13.2. The smallest absolute Gasteiger partial charge is 0.302 e. The minimum Gasteiger partial charge on any atom is -0.462 e. The van der Waals surface area contributed by atoms with Crippen molar-refractivity contribution in [2.45, 2.75) is 91.0 Å². The SMILES string of the molecule is CCC1(C)CC2CCC3C(C)(C)C(OC(C)=O)CCC3(C)C2C(Br)C1=O. The van der Waals surface area contributed by atoms with Crippen molar-refractivity contribution in [3.8, 4) is 0 Å². The van der Waals surface area contributed by atoms with Gasteiger partial charge in [-0.2, -0.15) is 0 Å². The molecule has 0 saturated heterocycles. The molecule has 0 aliphatic heterocycles. The monoisotopic (exact) mass is 426 g/mol. The molecule has 0 amide bonds. The zero-order chi connectivity index (χ0) is 19.5. The van der Waals surface area contributed by atoms with Gasteiger partial charge in [0.05, 0.1) is 4.83 Å². The third-order valence-electron chi connectivity index (χ3n) is 8.53. The van der Waals surface area contributed by atoms with Crippen LogP contribution in [0.4, 0.5) is 0 Å². The lowest BCUT2D eigenvalue weighted by Crippen LogP contribution is -2.62. The first-order valence-corrected chi connectivity index (χ1v) is 11.2. The fourth-order valence-corrected chi connectivity index (χ4v) is 8.56. The highest BCUT2D eigenvalue weighted by Gasteiger charge is 2.63. The van der Waals surface area contributed by atoms with E-state index in [1.807, 2.05) is 0 Å². The van der Waals surface area contributed by atoms with Crippen molar-refractivity contribution in [3.05, 3.63) is 0 Å². The number of rotatable bonds is 2. The first-order valence-electron chi connectivity index (χ1n) is 10.3. The molecule has 3 rings (SSSR count). The standard InChI is InChI=1S/C22H35BrO3/c1-7-21(5)12-14-8-9-15-20(3,4)16(26-13(2)24)10-11-22(15,6)17(14)18(23)19(21)25/h14-18H,7-12H2,1-6H3. The Morgan fingerprint density at radius 1 is 1.19 bits per heavy atom. The van der Waals surface area contributed by atoms with Gasteiger partial charge in [0, 0.05) is 17.8 Å². The normalized spacial score (nSPS) is 47.7. The number of halogens is 1. The molecule has 4 heteroatoms. The van der Waals surface area contributed by atoms with Crippen LogP contribution >= 0.6 is 15.9 Å². The number of carbonyl (C=O) groups is 2. The van der Waals surface area contributed by atoms with Crippen molar-refractivity contribution < 1.29 is 14.3 Å². The highest BCUT2D eigenvalue weighted by atomic mass is 79.9. The zero-order valence-corrected chi connectivity index (χ0v) is 18.8. The molecule has 3 saturated carbocycles. The van der Waals surface area contributed by atoms with Crippen LogP contribution in [0.5, 0.6) is 0 Å². The molecule has 148 valence electrons. The second kappa shape index (κ2) is 6.60. The van der Waals surface area contributed by atoms with Gasteiger partial charge in [0.1, 0.15) is 6.10 Å². The van der Waals surface area contributed by atoms with Gasteiger partial charge in [-0.15, -0.1) is 0 Å². The number of fused-ring (bicyclic) bond motifs is 3. The van der Waals surface area contributed by atoms with Gasteiger partial charge in [0.15, 0.2) is 5.78 Å². The van der Waals surface area contributed by atoms with E-state index >= 15 is 0 Å². The number of Topliss-reactive ketones (excluding diaryl/α,β-unsaturated/α-hetero) is 1. The van der Waals surface area contributed by atoms with Gasteiger partial charge in [-0.05, 0) is 61.7 Å². The van der Waals surface area contributed by atoms with Crippen LogP contribution in [0, 0.1) is 34.0 Å². The Kier molecular flexibility index (Phi) is 5.17. The lowest BCUT2D eigenvalue weighted by Gasteiger charge is -2.64. The van der Waals surface area contributed by atoms with E-state index in [2.05, 4.69) is 50.5 Å². The van der Waals surface area contributed by atoms with Crippen LogP contribution in [-0.4, -0.2) is 22.7 Å². The first kappa shape index (κ1) is 20.4. The fourth-order valence-electron chi connectivity index (χ4n) is 6.97. The molecular weight excluding hydrogens is 392 g/mol. The van der Waals surface area contributed by atoms with Gasteiger partial charge < -0.3 is 4.74 Å². The summed E-state index contributed by atoms with van der Waals surface area (Å²) in [5.74, 6) is 1.72. The predicted octanol–water partition coefficient (Wildman–Crippen LogP) is 5.54. The van der Waals surface area contributed by atoms with Crippen LogP contribution in [0.1, 0.15) is 80.1 Å². The molecule has 0 heterocycles. The third-order valence-corrected chi connectivity index (χ3v) is 9.51. The van der Waals surface area contributed by atoms with Crippen LogP contribution in [0.2, 0.25) is 0 Å². The van der Waals surface area contributed by atoms with Crippen LogP contribution in [-0.2, 0) is 14.3 Å². The highest BCUT2D eigenvalue weighted by Crippen LogP contribution is 2.66. The molecule has 0 aromatic carbocycles. The summed E-state index contributed by atoms with van der Waals surface area (Å²) in [6.07, 6.45) is 6.26. The minimum atomic E-state index is -0.178. The van der Waals surface area contributed by atoms with Crippen LogP contribution < -0.4 is 0 Å². The summed E-state index contributed by atoms with van der Waals surface area (Å²) >= 11 is 3.87. The maximum atomic E-state index is 13.2. The molecule has 0 N–H and O–H groups in total. The number of hydrogen-bond acceptors (Lipinski definition) is 3. The van der Waals surface area contributed by atoms with E-state index in [4.69, 9.17) is 4.74 Å². The van der Waals surface area contributed by atoms with Gasteiger partial charge in [-0.3, -0.25) is 9.59 Å². The fraction of sp³-hybridized carbons (Fsp3) is 0.909. The number of carbonyl (C=O) groups excluding carboxylic acids is 2. The molecule has 3 fully saturated rings. The molecule has 7 unspecified atom stereocenters. The molecule has 0 spiro atoms. The Balaban J connectivity index is 1.94.